The highest BCUT2D eigenvalue weighted by Crippen LogP contribution is 2.41. The Balaban J connectivity index is 0.000000406. The van der Waals surface area contributed by atoms with Crippen LogP contribution in [0.1, 0.15) is 5.69 Å². The third kappa shape index (κ3) is 4.60. The standard InChI is InChI=1S/C20H19N3O4.C2HF3O2/c1-10-18-12-8-16(26-3)17(27-4)9-13(12)19(21-20(18)23-22-10)11-5-6-14(24)15(7-11)25-2;3-2(4,5)1(6)7/h5-9,24H,1-4H3,(H,21,22,23);(H,6,7). The van der Waals surface area contributed by atoms with Gasteiger partial charge in [0.15, 0.2) is 28.6 Å². The third-order valence-corrected chi connectivity index (χ3v) is 4.89. The highest BCUT2D eigenvalue weighted by molar-refractivity contribution is 6.12. The minimum atomic E-state index is -5.08. The number of aliphatic carboxylic acids is 1. The van der Waals surface area contributed by atoms with Crippen molar-refractivity contribution in [2.24, 2.45) is 0 Å². The highest BCUT2D eigenvalue weighted by atomic mass is 19.4. The summed E-state index contributed by atoms with van der Waals surface area (Å²) < 4.78 is 47.9. The van der Waals surface area contributed by atoms with Gasteiger partial charge in [0.2, 0.25) is 0 Å². The number of benzene rings is 2. The predicted octanol–water partition coefficient (Wildman–Crippen LogP) is 4.45. The first-order valence-corrected chi connectivity index (χ1v) is 9.59. The fraction of sp³-hybridized carbons (Fsp3) is 0.227. The lowest BCUT2D eigenvalue weighted by molar-refractivity contribution is -0.192. The molecule has 0 amide bonds. The number of phenolic OH excluding ortho intramolecular Hbond substituents is 1. The lowest BCUT2D eigenvalue weighted by Gasteiger charge is -2.13. The van der Waals surface area contributed by atoms with E-state index in [4.69, 9.17) is 29.1 Å². The summed E-state index contributed by atoms with van der Waals surface area (Å²) in [4.78, 5) is 13.7. The normalized spacial score (nSPS) is 11.1. The zero-order chi connectivity index (χ0) is 25.2. The smallest absolute Gasteiger partial charge is 0.490 e. The van der Waals surface area contributed by atoms with Crippen molar-refractivity contribution >= 4 is 27.8 Å². The van der Waals surface area contributed by atoms with Crippen LogP contribution in [0.5, 0.6) is 23.0 Å². The molecule has 0 bridgehead atoms. The maximum absolute atomic E-state index is 10.6. The molecule has 0 aliphatic rings. The van der Waals surface area contributed by atoms with E-state index in [1.54, 1.807) is 32.4 Å². The maximum atomic E-state index is 10.6. The number of hydrogen-bond acceptors (Lipinski definition) is 7. The molecule has 0 aliphatic carbocycles. The number of aromatic amines is 1. The molecular formula is C22H20F3N3O6. The van der Waals surface area contributed by atoms with Gasteiger partial charge in [-0.15, -0.1) is 0 Å². The third-order valence-electron chi connectivity index (χ3n) is 4.89. The zero-order valence-corrected chi connectivity index (χ0v) is 18.4. The number of nitrogens with zero attached hydrogens (tertiary/aromatic N) is 2. The molecule has 0 aliphatic heterocycles. The number of halogens is 3. The summed E-state index contributed by atoms with van der Waals surface area (Å²) in [6.07, 6.45) is -5.08. The number of H-pyrrole nitrogens is 1. The number of pyridine rings is 1. The van der Waals surface area contributed by atoms with Crippen molar-refractivity contribution in [2.45, 2.75) is 13.1 Å². The number of fused-ring (bicyclic) bond motifs is 3. The molecule has 9 nitrogen and oxygen atoms in total. The summed E-state index contributed by atoms with van der Waals surface area (Å²) in [5, 5.41) is 27.1. The summed E-state index contributed by atoms with van der Waals surface area (Å²) in [6, 6.07) is 8.97. The second-order valence-electron chi connectivity index (χ2n) is 6.95. The molecule has 2 aromatic carbocycles. The maximum Gasteiger partial charge on any atom is 0.490 e. The minimum Gasteiger partial charge on any atom is -0.504 e. The first-order valence-electron chi connectivity index (χ1n) is 9.59. The fourth-order valence-electron chi connectivity index (χ4n) is 3.31. The van der Waals surface area contributed by atoms with Crippen molar-refractivity contribution in [3.05, 3.63) is 36.0 Å². The molecule has 180 valence electrons. The first kappa shape index (κ1) is 24.4. The molecule has 0 saturated heterocycles. The van der Waals surface area contributed by atoms with Crippen LogP contribution in [0.4, 0.5) is 13.2 Å². The topological polar surface area (TPSA) is 127 Å². The monoisotopic (exact) mass is 479 g/mol. The number of aromatic hydroxyl groups is 1. The van der Waals surface area contributed by atoms with Crippen molar-refractivity contribution in [1.82, 2.24) is 15.2 Å². The Morgan fingerprint density at radius 3 is 2.06 bits per heavy atom. The van der Waals surface area contributed by atoms with E-state index < -0.39 is 12.1 Å². The minimum absolute atomic E-state index is 0.0708. The molecular weight excluding hydrogens is 459 g/mol. The first-order chi connectivity index (χ1) is 16.0. The number of nitrogens with one attached hydrogen (secondary N) is 1. The average Bonchev–Trinajstić information content (AvgIpc) is 3.18. The Labute approximate surface area is 190 Å². The van der Waals surface area contributed by atoms with Crippen molar-refractivity contribution in [3.8, 4) is 34.3 Å². The van der Waals surface area contributed by atoms with Crippen molar-refractivity contribution in [2.75, 3.05) is 21.3 Å². The summed E-state index contributed by atoms with van der Waals surface area (Å²) in [7, 11) is 4.72. The molecule has 0 saturated carbocycles. The summed E-state index contributed by atoms with van der Waals surface area (Å²) in [5.74, 6) is -1.07. The van der Waals surface area contributed by atoms with Crippen molar-refractivity contribution in [3.63, 3.8) is 0 Å². The van der Waals surface area contributed by atoms with Gasteiger partial charge in [0.1, 0.15) is 0 Å². The molecule has 0 fully saturated rings. The quantitative estimate of drug-likeness (QED) is 0.392. The average molecular weight is 479 g/mol. The Kier molecular flexibility index (Phi) is 6.70. The van der Waals surface area contributed by atoms with Gasteiger partial charge < -0.3 is 24.4 Å². The summed E-state index contributed by atoms with van der Waals surface area (Å²) in [6.45, 7) is 1.95. The molecule has 2 aromatic heterocycles. The van der Waals surface area contributed by atoms with Crippen LogP contribution in [0.2, 0.25) is 0 Å². The molecule has 4 rings (SSSR count). The van der Waals surface area contributed by atoms with Crippen LogP contribution in [0.3, 0.4) is 0 Å². The van der Waals surface area contributed by atoms with E-state index in [0.717, 1.165) is 27.4 Å². The lowest BCUT2D eigenvalue weighted by Crippen LogP contribution is -2.21. The second kappa shape index (κ2) is 9.33. The van der Waals surface area contributed by atoms with E-state index in [1.165, 1.54) is 7.11 Å². The van der Waals surface area contributed by atoms with Gasteiger partial charge in [0.05, 0.1) is 27.0 Å². The summed E-state index contributed by atoms with van der Waals surface area (Å²) in [5.41, 5.74) is 3.03. The van der Waals surface area contributed by atoms with E-state index in [1.807, 2.05) is 19.1 Å². The Morgan fingerprint density at radius 2 is 1.53 bits per heavy atom. The molecule has 2 heterocycles. The van der Waals surface area contributed by atoms with Gasteiger partial charge in [-0.3, -0.25) is 5.10 Å². The Morgan fingerprint density at radius 1 is 0.971 bits per heavy atom. The number of ether oxygens (including phenoxy) is 3. The molecule has 34 heavy (non-hydrogen) atoms. The van der Waals surface area contributed by atoms with Crippen LogP contribution in [0, 0.1) is 6.92 Å². The van der Waals surface area contributed by atoms with E-state index in [-0.39, 0.29) is 5.75 Å². The van der Waals surface area contributed by atoms with Crippen LogP contribution in [-0.4, -0.2) is 58.9 Å². The lowest BCUT2D eigenvalue weighted by atomic mass is 10.00. The Hall–Kier alpha value is -4.22. The number of carboxylic acid groups (broad SMARTS) is 1. The van der Waals surface area contributed by atoms with E-state index >= 15 is 0 Å². The van der Waals surface area contributed by atoms with Crippen molar-refractivity contribution in [1.29, 1.82) is 0 Å². The van der Waals surface area contributed by atoms with Crippen LogP contribution < -0.4 is 14.2 Å². The molecule has 0 radical (unpaired) electrons. The zero-order valence-electron chi connectivity index (χ0n) is 18.4. The van der Waals surface area contributed by atoms with E-state index in [0.29, 0.717) is 28.6 Å². The molecule has 12 heteroatoms. The second-order valence-corrected chi connectivity index (χ2v) is 6.95. The molecule has 4 aromatic rings. The van der Waals surface area contributed by atoms with Gasteiger partial charge in [-0.1, -0.05) is 0 Å². The molecule has 0 atom stereocenters. The number of rotatable bonds is 4. The van der Waals surface area contributed by atoms with Gasteiger partial charge in [-0.05, 0) is 37.3 Å². The van der Waals surface area contributed by atoms with Gasteiger partial charge in [-0.2, -0.15) is 18.3 Å². The number of carbonyl (C=O) groups is 1. The number of methoxy groups -OCH3 is 3. The van der Waals surface area contributed by atoms with Gasteiger partial charge in [-0.25, -0.2) is 9.78 Å². The SMILES string of the molecule is COc1cc(-c2nc3n[nH]c(C)c3c3cc(OC)c(OC)cc23)ccc1O.O=C(O)C(F)(F)F. The number of aromatic nitrogens is 3. The predicted molar refractivity (Wildman–Crippen MR) is 117 cm³/mol. The van der Waals surface area contributed by atoms with Crippen LogP contribution >= 0.6 is 0 Å². The highest BCUT2D eigenvalue weighted by Gasteiger charge is 2.38. The summed E-state index contributed by atoms with van der Waals surface area (Å²) >= 11 is 0. The fourth-order valence-corrected chi connectivity index (χ4v) is 3.31. The van der Waals surface area contributed by atoms with Gasteiger partial charge in [0, 0.05) is 27.4 Å². The molecule has 0 spiro atoms. The van der Waals surface area contributed by atoms with Crippen LogP contribution in [0.25, 0.3) is 33.1 Å². The van der Waals surface area contributed by atoms with Crippen LogP contribution in [-0.2, 0) is 4.79 Å². The number of carboxylic acids is 1. The molecule has 3 N–H and O–H groups in total. The van der Waals surface area contributed by atoms with Gasteiger partial charge in [0.25, 0.3) is 0 Å². The Bertz CT molecular complexity index is 1370. The number of hydrogen-bond donors (Lipinski definition) is 3. The van der Waals surface area contributed by atoms with Crippen molar-refractivity contribution < 1.29 is 42.4 Å². The van der Waals surface area contributed by atoms with Crippen LogP contribution in [0.15, 0.2) is 30.3 Å². The number of alkyl halides is 3. The van der Waals surface area contributed by atoms with E-state index in [9.17, 15) is 18.3 Å². The van der Waals surface area contributed by atoms with Gasteiger partial charge >= 0.3 is 12.1 Å². The largest absolute Gasteiger partial charge is 0.504 e. The number of phenols is 1. The van der Waals surface area contributed by atoms with E-state index in [2.05, 4.69) is 10.2 Å². The number of aryl methyl sites for hydroxylation is 1. The molecule has 0 unspecified atom stereocenters.